The van der Waals surface area contributed by atoms with Gasteiger partial charge in [-0.2, -0.15) is 18.4 Å². The van der Waals surface area contributed by atoms with Crippen molar-refractivity contribution in [2.75, 3.05) is 0 Å². The molecular weight excluding hydrogens is 475 g/mol. The highest BCUT2D eigenvalue weighted by Crippen LogP contribution is 2.34. The van der Waals surface area contributed by atoms with Crippen molar-refractivity contribution in [1.29, 1.82) is 5.26 Å². The molecule has 0 fully saturated rings. The summed E-state index contributed by atoms with van der Waals surface area (Å²) in [6, 6.07) is 23.1. The maximum atomic E-state index is 13.9. The Morgan fingerprint density at radius 3 is 2.27 bits per heavy atom. The Bertz CT molecular complexity index is 1740. The molecule has 0 saturated heterocycles. The number of benzene rings is 3. The minimum atomic E-state index is -4.84. The fraction of sp³-hybridized carbons (Fsp3) is 0.133. The molecule has 0 saturated carbocycles. The van der Waals surface area contributed by atoms with E-state index in [1.54, 1.807) is 12.1 Å². The van der Waals surface area contributed by atoms with Crippen LogP contribution in [0.25, 0.3) is 33.3 Å². The van der Waals surface area contributed by atoms with Crippen molar-refractivity contribution in [3.05, 3.63) is 117 Å². The summed E-state index contributed by atoms with van der Waals surface area (Å²) in [5.41, 5.74) is 3.04. The number of nitrogens with zero attached hydrogens (tertiary/aromatic N) is 2. The van der Waals surface area contributed by atoms with Crippen molar-refractivity contribution in [2.24, 2.45) is 0 Å². The van der Waals surface area contributed by atoms with Gasteiger partial charge < -0.3 is 9.55 Å². The number of H-pyrrole nitrogens is 1. The van der Waals surface area contributed by atoms with Crippen molar-refractivity contribution >= 4 is 10.9 Å². The molecule has 184 valence electrons. The minimum absolute atomic E-state index is 0.0407. The predicted octanol–water partition coefficient (Wildman–Crippen LogP) is 7.22. The Hall–Kier alpha value is -4.57. The van der Waals surface area contributed by atoms with Crippen molar-refractivity contribution in [3.8, 4) is 28.5 Å². The van der Waals surface area contributed by atoms with E-state index in [-0.39, 0.29) is 12.2 Å². The molecule has 5 aromatic rings. The van der Waals surface area contributed by atoms with E-state index < -0.39 is 22.9 Å². The molecule has 7 heteroatoms. The number of aromatic amines is 1. The molecule has 0 aliphatic carbocycles. The normalized spacial score (nSPS) is 11.6. The van der Waals surface area contributed by atoms with Crippen LogP contribution in [-0.2, 0) is 12.7 Å². The summed E-state index contributed by atoms with van der Waals surface area (Å²) in [7, 11) is 0. The van der Waals surface area contributed by atoms with E-state index in [4.69, 9.17) is 0 Å². The quantitative estimate of drug-likeness (QED) is 0.285. The number of nitriles is 1. The SMILES string of the molecule is Cc1ccc(Cn2c(-c3ccc(-c4ccc5[nH]ccc5c4)cc3)cc(C(F)(F)F)c(C#N)c2=O)c(C)c1. The summed E-state index contributed by atoms with van der Waals surface area (Å²) < 4.78 is 42.8. The summed E-state index contributed by atoms with van der Waals surface area (Å²) in [6.45, 7) is 3.87. The molecule has 4 nitrogen and oxygen atoms in total. The maximum absolute atomic E-state index is 13.9. The van der Waals surface area contributed by atoms with Crippen molar-refractivity contribution < 1.29 is 13.2 Å². The third-order valence-corrected chi connectivity index (χ3v) is 6.61. The number of fused-ring (bicyclic) bond motifs is 1. The van der Waals surface area contributed by atoms with Crippen molar-refractivity contribution in [3.63, 3.8) is 0 Å². The van der Waals surface area contributed by atoms with E-state index in [0.29, 0.717) is 5.56 Å². The number of nitrogens with one attached hydrogen (secondary N) is 1. The molecule has 3 aromatic carbocycles. The van der Waals surface area contributed by atoms with Crippen LogP contribution in [0, 0.1) is 25.2 Å². The highest BCUT2D eigenvalue weighted by Gasteiger charge is 2.36. The molecular formula is C30H22F3N3O. The first-order chi connectivity index (χ1) is 17.7. The number of aryl methyl sites for hydroxylation is 2. The second-order valence-corrected chi connectivity index (χ2v) is 9.11. The van der Waals surface area contributed by atoms with Crippen molar-refractivity contribution in [2.45, 2.75) is 26.6 Å². The number of halogens is 3. The third-order valence-electron chi connectivity index (χ3n) is 6.61. The first kappa shape index (κ1) is 24.1. The summed E-state index contributed by atoms with van der Waals surface area (Å²) >= 11 is 0. The van der Waals surface area contributed by atoms with E-state index in [1.165, 1.54) is 10.6 Å². The lowest BCUT2D eigenvalue weighted by Gasteiger charge is -2.19. The second kappa shape index (κ2) is 9.14. The number of hydrogen-bond acceptors (Lipinski definition) is 2. The smallest absolute Gasteiger partial charge is 0.361 e. The van der Waals surface area contributed by atoms with Gasteiger partial charge in [-0.25, -0.2) is 0 Å². The zero-order valence-corrected chi connectivity index (χ0v) is 20.1. The fourth-order valence-electron chi connectivity index (χ4n) is 4.63. The van der Waals surface area contributed by atoms with Crippen LogP contribution in [0.15, 0.2) is 83.8 Å². The van der Waals surface area contributed by atoms with Gasteiger partial charge in [0, 0.05) is 11.7 Å². The van der Waals surface area contributed by atoms with Crippen LogP contribution < -0.4 is 5.56 Å². The van der Waals surface area contributed by atoms with E-state index in [1.807, 2.05) is 74.6 Å². The molecule has 2 aromatic heterocycles. The predicted molar refractivity (Wildman–Crippen MR) is 138 cm³/mol. The third kappa shape index (κ3) is 4.54. The molecule has 0 bridgehead atoms. The highest BCUT2D eigenvalue weighted by molar-refractivity contribution is 5.85. The number of hydrogen-bond donors (Lipinski definition) is 1. The van der Waals surface area contributed by atoms with E-state index >= 15 is 0 Å². The summed E-state index contributed by atoms with van der Waals surface area (Å²) in [5, 5.41) is 10.5. The van der Waals surface area contributed by atoms with Crippen molar-refractivity contribution in [1.82, 2.24) is 9.55 Å². The van der Waals surface area contributed by atoms with Gasteiger partial charge in [0.25, 0.3) is 5.56 Å². The van der Waals surface area contributed by atoms with Gasteiger partial charge in [-0.1, -0.05) is 54.1 Å². The van der Waals surface area contributed by atoms with Crippen LogP contribution in [0.1, 0.15) is 27.8 Å². The Kier molecular flexibility index (Phi) is 5.96. The topological polar surface area (TPSA) is 61.6 Å². The van der Waals surface area contributed by atoms with Crippen LogP contribution in [-0.4, -0.2) is 9.55 Å². The van der Waals surface area contributed by atoms with Gasteiger partial charge in [0.1, 0.15) is 11.6 Å². The molecule has 0 spiro atoms. The maximum Gasteiger partial charge on any atom is 0.417 e. The van der Waals surface area contributed by atoms with Gasteiger partial charge in [-0.15, -0.1) is 0 Å². The lowest BCUT2D eigenvalue weighted by atomic mass is 9.99. The standard InChI is InChI=1S/C30H22F3N3O/c1-18-3-4-24(19(2)13-18)17-36-28(15-26(30(31,32)33)25(16-34)29(36)37)21-7-5-20(6-8-21)22-9-10-27-23(14-22)11-12-35-27/h3-15,35H,17H2,1-2H3. The molecule has 1 N–H and O–H groups in total. The van der Waals surface area contributed by atoms with Gasteiger partial charge in [-0.3, -0.25) is 4.79 Å². The zero-order chi connectivity index (χ0) is 26.3. The van der Waals surface area contributed by atoms with Gasteiger partial charge in [0.05, 0.1) is 17.8 Å². The van der Waals surface area contributed by atoms with Crippen LogP contribution >= 0.6 is 0 Å². The summed E-state index contributed by atoms with van der Waals surface area (Å²) in [5.74, 6) is 0. The number of alkyl halides is 3. The summed E-state index contributed by atoms with van der Waals surface area (Å²) in [6.07, 6.45) is -2.99. The van der Waals surface area contributed by atoms with Crippen LogP contribution in [0.5, 0.6) is 0 Å². The van der Waals surface area contributed by atoms with E-state index in [2.05, 4.69) is 4.98 Å². The average Bonchev–Trinajstić information content (AvgIpc) is 3.34. The summed E-state index contributed by atoms with van der Waals surface area (Å²) in [4.78, 5) is 16.4. The van der Waals surface area contributed by atoms with E-state index in [0.717, 1.165) is 44.8 Å². The molecule has 37 heavy (non-hydrogen) atoms. The highest BCUT2D eigenvalue weighted by atomic mass is 19.4. The number of pyridine rings is 1. The Morgan fingerprint density at radius 2 is 1.59 bits per heavy atom. The first-order valence-corrected chi connectivity index (χ1v) is 11.6. The zero-order valence-electron chi connectivity index (χ0n) is 20.1. The molecule has 0 radical (unpaired) electrons. The van der Waals surface area contributed by atoms with Crippen LogP contribution in [0.3, 0.4) is 0 Å². The lowest BCUT2D eigenvalue weighted by molar-refractivity contribution is -0.137. The number of rotatable bonds is 4. The first-order valence-electron chi connectivity index (χ1n) is 11.6. The monoisotopic (exact) mass is 497 g/mol. The van der Waals surface area contributed by atoms with Gasteiger partial charge in [0.15, 0.2) is 0 Å². The Labute approximate surface area is 211 Å². The largest absolute Gasteiger partial charge is 0.417 e. The minimum Gasteiger partial charge on any atom is -0.361 e. The Balaban J connectivity index is 1.66. The Morgan fingerprint density at radius 1 is 0.892 bits per heavy atom. The fourth-order valence-corrected chi connectivity index (χ4v) is 4.63. The molecule has 2 heterocycles. The molecule has 0 atom stereocenters. The molecule has 0 aliphatic heterocycles. The number of aromatic nitrogens is 2. The average molecular weight is 498 g/mol. The molecule has 0 aliphatic rings. The molecule has 0 unspecified atom stereocenters. The van der Waals surface area contributed by atoms with Crippen LogP contribution in [0.2, 0.25) is 0 Å². The lowest BCUT2D eigenvalue weighted by Crippen LogP contribution is -2.29. The van der Waals surface area contributed by atoms with E-state index in [9.17, 15) is 23.2 Å². The van der Waals surface area contributed by atoms with Gasteiger partial charge in [0.2, 0.25) is 0 Å². The molecule has 0 amide bonds. The van der Waals surface area contributed by atoms with Gasteiger partial charge >= 0.3 is 6.18 Å². The van der Waals surface area contributed by atoms with Gasteiger partial charge in [-0.05, 0) is 71.3 Å². The molecule has 5 rings (SSSR count). The second-order valence-electron chi connectivity index (χ2n) is 9.11. The van der Waals surface area contributed by atoms with Crippen LogP contribution in [0.4, 0.5) is 13.2 Å².